The van der Waals surface area contributed by atoms with E-state index in [1.165, 1.54) is 23.6 Å². The maximum atomic E-state index is 13.3. The third-order valence-corrected chi connectivity index (χ3v) is 5.88. The lowest BCUT2D eigenvalue weighted by molar-refractivity contribution is 0.101. The molecule has 10 heteroatoms. The molecule has 0 saturated heterocycles. The van der Waals surface area contributed by atoms with Crippen LogP contribution in [-0.4, -0.2) is 41.2 Å². The van der Waals surface area contributed by atoms with Crippen LogP contribution in [0.1, 0.15) is 39.9 Å². The predicted octanol–water partition coefficient (Wildman–Crippen LogP) is 3.45. The zero-order valence-corrected chi connectivity index (χ0v) is 17.6. The number of aliphatic hydroxyl groups is 1. The van der Waals surface area contributed by atoms with Crippen LogP contribution in [0.2, 0.25) is 0 Å². The summed E-state index contributed by atoms with van der Waals surface area (Å²) in [5.74, 6) is -0.850. The highest BCUT2D eigenvalue weighted by atomic mass is 32.1. The van der Waals surface area contributed by atoms with E-state index in [4.69, 9.17) is 0 Å². The molecule has 4 aromatic rings. The molecular formula is C22H19FN6O2S. The van der Waals surface area contributed by atoms with E-state index in [-0.39, 0.29) is 18.1 Å². The van der Waals surface area contributed by atoms with Crippen LogP contribution in [-0.2, 0) is 6.54 Å². The second-order valence-electron chi connectivity index (χ2n) is 7.49. The zero-order chi connectivity index (χ0) is 22.1. The molecule has 2 unspecified atom stereocenters. The minimum atomic E-state index is -0.555. The monoisotopic (exact) mass is 450 g/mol. The number of amides is 1. The number of pyridine rings is 1. The van der Waals surface area contributed by atoms with Crippen molar-refractivity contribution in [2.24, 2.45) is 0 Å². The molecule has 1 aliphatic carbocycles. The molecule has 1 amide bonds. The topological polar surface area (TPSA) is 97.9 Å². The van der Waals surface area contributed by atoms with Crippen molar-refractivity contribution in [2.75, 3.05) is 5.32 Å². The number of imidazole rings is 1. The molecule has 4 heterocycles. The van der Waals surface area contributed by atoms with Gasteiger partial charge in [0.2, 0.25) is 5.95 Å². The molecule has 1 saturated carbocycles. The number of carbonyl (C=O) groups is 1. The lowest BCUT2D eigenvalue weighted by Crippen LogP contribution is -2.17. The number of aliphatic hydroxyl groups excluding tert-OH is 1. The van der Waals surface area contributed by atoms with Crippen LogP contribution in [0.3, 0.4) is 0 Å². The van der Waals surface area contributed by atoms with Crippen LogP contribution < -0.4 is 5.32 Å². The van der Waals surface area contributed by atoms with Gasteiger partial charge in [0.1, 0.15) is 5.69 Å². The first kappa shape index (κ1) is 20.3. The third-order valence-electron chi connectivity index (χ3n) is 5.10. The van der Waals surface area contributed by atoms with E-state index in [1.807, 2.05) is 28.3 Å². The summed E-state index contributed by atoms with van der Waals surface area (Å²) in [5, 5.41) is 14.6. The number of halogens is 1. The van der Waals surface area contributed by atoms with Crippen LogP contribution in [0.25, 0.3) is 12.2 Å². The van der Waals surface area contributed by atoms with Crippen LogP contribution in [0.4, 0.5) is 9.52 Å². The number of nitrogens with one attached hydrogen (secondary N) is 1. The van der Waals surface area contributed by atoms with Crippen molar-refractivity contribution in [2.45, 2.75) is 25.1 Å². The molecular weight excluding hydrogens is 431 g/mol. The Morgan fingerprint density at radius 1 is 1.31 bits per heavy atom. The maximum Gasteiger partial charge on any atom is 0.274 e. The average Bonchev–Trinajstić information content (AvgIpc) is 3.19. The Balaban J connectivity index is 1.22. The molecule has 4 aromatic heterocycles. The molecule has 8 nitrogen and oxygen atoms in total. The highest BCUT2D eigenvalue weighted by molar-refractivity contribution is 7.14. The molecule has 1 aliphatic rings. The number of hydrogen-bond acceptors (Lipinski definition) is 6. The molecule has 0 bridgehead atoms. The van der Waals surface area contributed by atoms with Gasteiger partial charge in [0.15, 0.2) is 5.13 Å². The van der Waals surface area contributed by atoms with Gasteiger partial charge in [-0.2, -0.15) is 4.39 Å². The smallest absolute Gasteiger partial charge is 0.274 e. The van der Waals surface area contributed by atoms with Gasteiger partial charge in [-0.15, -0.1) is 11.3 Å². The van der Waals surface area contributed by atoms with Crippen molar-refractivity contribution in [3.05, 3.63) is 83.2 Å². The predicted molar refractivity (Wildman–Crippen MR) is 119 cm³/mol. The largest absolute Gasteiger partial charge is 0.391 e. The first-order valence-corrected chi connectivity index (χ1v) is 10.9. The Morgan fingerprint density at radius 2 is 2.16 bits per heavy atom. The summed E-state index contributed by atoms with van der Waals surface area (Å²) < 4.78 is 17.0. The standard InChI is InChI=1S/C22H19FN6O2S/c23-20-8-14(5-6-24-20)10-28-7-1-2-17(28)21(31)27-22-26-16(12-32-22)4-3-15-11-29(13-25-15)18-9-19(18)30/h1-8,11-13,18-19,30H,9-10H2,(H,26,27,31)/b4-3+. The van der Waals surface area contributed by atoms with Gasteiger partial charge >= 0.3 is 0 Å². The first-order valence-electron chi connectivity index (χ1n) is 9.97. The van der Waals surface area contributed by atoms with Crippen molar-refractivity contribution >= 4 is 34.5 Å². The lowest BCUT2D eigenvalue weighted by atomic mass is 10.2. The van der Waals surface area contributed by atoms with Crippen molar-refractivity contribution < 1.29 is 14.3 Å². The molecule has 162 valence electrons. The van der Waals surface area contributed by atoms with Gasteiger partial charge in [0.25, 0.3) is 5.91 Å². The van der Waals surface area contributed by atoms with Crippen LogP contribution in [0, 0.1) is 5.95 Å². The minimum Gasteiger partial charge on any atom is -0.391 e. The Labute approximate surface area is 186 Å². The van der Waals surface area contributed by atoms with E-state index in [2.05, 4.69) is 20.3 Å². The fourth-order valence-electron chi connectivity index (χ4n) is 3.36. The highest BCUT2D eigenvalue weighted by Crippen LogP contribution is 2.35. The van der Waals surface area contributed by atoms with Gasteiger partial charge in [-0.25, -0.2) is 15.0 Å². The molecule has 2 N–H and O–H groups in total. The van der Waals surface area contributed by atoms with Gasteiger partial charge in [-0.1, -0.05) is 0 Å². The normalized spacial score (nSPS) is 17.7. The molecule has 0 aromatic carbocycles. The Kier molecular flexibility index (Phi) is 5.38. The summed E-state index contributed by atoms with van der Waals surface area (Å²) >= 11 is 1.32. The Morgan fingerprint density at radius 3 is 2.97 bits per heavy atom. The second kappa shape index (κ2) is 8.48. The highest BCUT2D eigenvalue weighted by Gasteiger charge is 2.36. The first-order chi connectivity index (χ1) is 15.5. The summed E-state index contributed by atoms with van der Waals surface area (Å²) in [6.07, 6.45) is 10.9. The molecule has 2 atom stereocenters. The van der Waals surface area contributed by atoms with Crippen molar-refractivity contribution in [1.29, 1.82) is 0 Å². The van der Waals surface area contributed by atoms with Gasteiger partial charge in [-0.05, 0) is 48.4 Å². The number of nitrogens with zero attached hydrogens (tertiary/aromatic N) is 5. The van der Waals surface area contributed by atoms with Crippen LogP contribution in [0.15, 0.2) is 54.6 Å². The van der Waals surface area contributed by atoms with E-state index in [9.17, 15) is 14.3 Å². The lowest BCUT2D eigenvalue weighted by Gasteiger charge is -2.09. The number of carbonyl (C=O) groups excluding carboxylic acids is 1. The summed E-state index contributed by atoms with van der Waals surface area (Å²) in [4.78, 5) is 25.0. The average molecular weight is 450 g/mol. The fraction of sp³-hybridized carbons (Fsp3) is 0.182. The summed E-state index contributed by atoms with van der Waals surface area (Å²) in [5.41, 5.74) is 2.63. The maximum absolute atomic E-state index is 13.3. The SMILES string of the molecule is O=C(Nc1nc(/C=C/c2cn(C3CC3O)cn2)cs1)c1cccn1Cc1ccnc(F)c1. The van der Waals surface area contributed by atoms with Crippen molar-refractivity contribution in [1.82, 2.24) is 24.1 Å². The van der Waals surface area contributed by atoms with Crippen molar-refractivity contribution in [3.63, 3.8) is 0 Å². The van der Waals surface area contributed by atoms with Gasteiger partial charge < -0.3 is 14.2 Å². The summed E-state index contributed by atoms with van der Waals surface area (Å²) in [6.45, 7) is 0.353. The molecule has 0 spiro atoms. The number of thiazole rings is 1. The van der Waals surface area contributed by atoms with E-state index in [0.717, 1.165) is 12.1 Å². The summed E-state index contributed by atoms with van der Waals surface area (Å²) in [7, 11) is 0. The van der Waals surface area contributed by atoms with E-state index >= 15 is 0 Å². The van der Waals surface area contributed by atoms with Crippen molar-refractivity contribution in [3.8, 4) is 0 Å². The van der Waals surface area contributed by atoms with Gasteiger partial charge in [-0.3, -0.25) is 10.1 Å². The van der Waals surface area contributed by atoms with Gasteiger partial charge in [0.05, 0.1) is 29.9 Å². The number of aromatic nitrogens is 5. The number of rotatable bonds is 7. The van der Waals surface area contributed by atoms with Crippen LogP contribution >= 0.6 is 11.3 Å². The fourth-order valence-corrected chi connectivity index (χ4v) is 4.03. The Hall–Kier alpha value is -3.63. The minimum absolute atomic E-state index is 0.127. The number of hydrogen-bond donors (Lipinski definition) is 2. The molecule has 1 fully saturated rings. The molecule has 0 aliphatic heterocycles. The summed E-state index contributed by atoms with van der Waals surface area (Å²) in [6, 6.07) is 6.65. The second-order valence-corrected chi connectivity index (χ2v) is 8.35. The zero-order valence-electron chi connectivity index (χ0n) is 16.8. The molecule has 0 radical (unpaired) electrons. The quantitative estimate of drug-likeness (QED) is 0.420. The van der Waals surface area contributed by atoms with E-state index in [0.29, 0.717) is 28.6 Å². The van der Waals surface area contributed by atoms with E-state index in [1.54, 1.807) is 35.3 Å². The molecule has 5 rings (SSSR count). The van der Waals surface area contributed by atoms with Gasteiger partial charge in [0, 0.05) is 30.5 Å². The third kappa shape index (κ3) is 4.51. The Bertz CT molecular complexity index is 1290. The van der Waals surface area contributed by atoms with Crippen LogP contribution in [0.5, 0.6) is 0 Å². The number of anilines is 1. The van der Waals surface area contributed by atoms with E-state index < -0.39 is 5.95 Å². The molecule has 32 heavy (non-hydrogen) atoms.